The number of likely N-dealkylation sites (tertiary alicyclic amines) is 1. The lowest BCUT2D eigenvalue weighted by Crippen LogP contribution is -2.49. The molecule has 2 N–H and O–H groups in total. The van der Waals surface area contributed by atoms with Crippen molar-refractivity contribution >= 4 is 44.6 Å². The van der Waals surface area contributed by atoms with Crippen LogP contribution in [0.2, 0.25) is 0 Å². The Morgan fingerprint density at radius 1 is 1.07 bits per heavy atom. The van der Waals surface area contributed by atoms with Crippen LogP contribution in [0.25, 0.3) is 11.0 Å². The SMILES string of the molecule is NC(=O)C1CCN(C(=O)C2CCCN(S(=O)(=O)c3cccc4nsnc34)C2)CC1. The highest BCUT2D eigenvalue weighted by Gasteiger charge is 2.37. The predicted octanol–water partition coefficient (Wildman–Crippen LogP) is 0.816. The molecule has 2 aliphatic rings. The third kappa shape index (κ3) is 3.86. The molecule has 1 atom stereocenters. The molecule has 0 spiro atoms. The van der Waals surface area contributed by atoms with Crippen LogP contribution in [0.15, 0.2) is 23.1 Å². The Kier molecular flexibility index (Phi) is 5.54. The number of hydrogen-bond acceptors (Lipinski definition) is 7. The molecule has 0 saturated carbocycles. The van der Waals surface area contributed by atoms with Gasteiger partial charge in [-0.3, -0.25) is 9.59 Å². The third-order valence-corrected chi connectivity index (χ3v) is 8.25. The fourth-order valence-corrected chi connectivity index (χ4v) is 6.41. The smallest absolute Gasteiger partial charge is 0.245 e. The molecule has 4 rings (SSSR count). The van der Waals surface area contributed by atoms with Crippen molar-refractivity contribution in [2.75, 3.05) is 26.2 Å². The van der Waals surface area contributed by atoms with E-state index in [0.29, 0.717) is 56.4 Å². The van der Waals surface area contributed by atoms with Crippen molar-refractivity contribution in [1.82, 2.24) is 18.0 Å². The van der Waals surface area contributed by atoms with Gasteiger partial charge in [0.15, 0.2) is 0 Å². The molecule has 0 radical (unpaired) electrons. The van der Waals surface area contributed by atoms with Crippen molar-refractivity contribution in [3.05, 3.63) is 18.2 Å². The molecule has 1 aromatic carbocycles. The number of sulfonamides is 1. The average molecular weight is 438 g/mol. The summed E-state index contributed by atoms with van der Waals surface area (Å²) in [6.45, 7) is 1.51. The lowest BCUT2D eigenvalue weighted by Gasteiger charge is -2.36. The Morgan fingerprint density at radius 3 is 2.55 bits per heavy atom. The van der Waals surface area contributed by atoms with Crippen molar-refractivity contribution in [1.29, 1.82) is 0 Å². The van der Waals surface area contributed by atoms with Gasteiger partial charge >= 0.3 is 0 Å². The lowest BCUT2D eigenvalue weighted by atomic mass is 9.93. The van der Waals surface area contributed by atoms with Crippen molar-refractivity contribution in [3.8, 4) is 0 Å². The summed E-state index contributed by atoms with van der Waals surface area (Å²) in [6.07, 6.45) is 2.41. The van der Waals surface area contributed by atoms with E-state index in [0.717, 1.165) is 11.7 Å². The van der Waals surface area contributed by atoms with E-state index in [1.807, 2.05) is 0 Å². The fraction of sp³-hybridized carbons (Fsp3) is 0.556. The van der Waals surface area contributed by atoms with E-state index in [2.05, 4.69) is 8.75 Å². The van der Waals surface area contributed by atoms with Crippen molar-refractivity contribution < 1.29 is 18.0 Å². The molecule has 9 nitrogen and oxygen atoms in total. The van der Waals surface area contributed by atoms with Gasteiger partial charge in [-0.25, -0.2) is 8.42 Å². The number of amides is 2. The van der Waals surface area contributed by atoms with Gasteiger partial charge in [0.05, 0.1) is 17.6 Å². The van der Waals surface area contributed by atoms with Gasteiger partial charge in [0.2, 0.25) is 21.8 Å². The number of carbonyl (C=O) groups excluding carboxylic acids is 2. The lowest BCUT2D eigenvalue weighted by molar-refractivity contribution is -0.139. The molecule has 1 aromatic heterocycles. The fourth-order valence-electron chi connectivity index (χ4n) is 4.13. The van der Waals surface area contributed by atoms with Crippen molar-refractivity contribution in [2.24, 2.45) is 17.6 Å². The maximum Gasteiger partial charge on any atom is 0.245 e. The topological polar surface area (TPSA) is 127 Å². The number of carbonyl (C=O) groups is 2. The van der Waals surface area contributed by atoms with Gasteiger partial charge in [-0.1, -0.05) is 6.07 Å². The van der Waals surface area contributed by atoms with Gasteiger partial charge < -0.3 is 10.6 Å². The second kappa shape index (κ2) is 7.96. The molecule has 2 aliphatic heterocycles. The second-order valence-electron chi connectivity index (χ2n) is 7.59. The minimum absolute atomic E-state index is 0.0404. The van der Waals surface area contributed by atoms with Gasteiger partial charge in [0.1, 0.15) is 15.9 Å². The molecule has 156 valence electrons. The second-order valence-corrected chi connectivity index (χ2v) is 10.0. The van der Waals surface area contributed by atoms with E-state index in [4.69, 9.17) is 5.73 Å². The molecule has 0 bridgehead atoms. The number of fused-ring (bicyclic) bond motifs is 1. The van der Waals surface area contributed by atoms with Gasteiger partial charge in [-0.15, -0.1) is 0 Å². The molecular weight excluding hydrogens is 414 g/mol. The Bertz CT molecular complexity index is 1030. The molecule has 1 unspecified atom stereocenters. The number of hydrogen-bond donors (Lipinski definition) is 1. The molecule has 0 aliphatic carbocycles. The van der Waals surface area contributed by atoms with Gasteiger partial charge in [0, 0.05) is 32.1 Å². The first-order valence-corrected chi connectivity index (χ1v) is 11.8. The first-order chi connectivity index (χ1) is 13.9. The van der Waals surface area contributed by atoms with Crippen LogP contribution in [-0.2, 0) is 19.6 Å². The highest BCUT2D eigenvalue weighted by Crippen LogP contribution is 2.29. The number of primary amides is 1. The van der Waals surface area contributed by atoms with E-state index >= 15 is 0 Å². The highest BCUT2D eigenvalue weighted by atomic mass is 32.2. The maximum atomic E-state index is 13.2. The molecule has 11 heteroatoms. The largest absolute Gasteiger partial charge is 0.369 e. The Morgan fingerprint density at radius 2 is 1.83 bits per heavy atom. The standard InChI is InChI=1S/C18H23N5O4S2/c19-17(24)12-6-9-22(10-7-12)18(25)13-3-2-8-23(11-13)29(26,27)15-5-1-4-14-16(15)21-28-20-14/h1,4-5,12-13H,2-3,6-11H2,(H2,19,24). The highest BCUT2D eigenvalue weighted by molar-refractivity contribution is 7.89. The third-order valence-electron chi connectivity index (χ3n) is 5.81. The summed E-state index contributed by atoms with van der Waals surface area (Å²) in [7, 11) is -3.77. The Labute approximate surface area is 173 Å². The number of rotatable bonds is 4. The molecule has 29 heavy (non-hydrogen) atoms. The molecule has 2 fully saturated rings. The van der Waals surface area contributed by atoms with Gasteiger partial charge in [-0.05, 0) is 37.8 Å². The zero-order chi connectivity index (χ0) is 20.6. The normalized spacial score (nSPS) is 22.1. The van der Waals surface area contributed by atoms with Gasteiger partial charge in [0.25, 0.3) is 0 Å². The monoisotopic (exact) mass is 437 g/mol. The summed E-state index contributed by atoms with van der Waals surface area (Å²) >= 11 is 0.980. The van der Waals surface area contributed by atoms with E-state index in [1.165, 1.54) is 4.31 Å². The van der Waals surface area contributed by atoms with Gasteiger partial charge in [-0.2, -0.15) is 13.1 Å². The van der Waals surface area contributed by atoms with Crippen LogP contribution in [0.1, 0.15) is 25.7 Å². The number of benzene rings is 1. The summed E-state index contributed by atoms with van der Waals surface area (Å²) in [6, 6.07) is 4.93. The first kappa shape index (κ1) is 20.2. The Balaban J connectivity index is 1.49. The number of aromatic nitrogens is 2. The minimum atomic E-state index is -3.77. The van der Waals surface area contributed by atoms with Crippen LogP contribution < -0.4 is 5.73 Å². The van der Waals surface area contributed by atoms with E-state index in [9.17, 15) is 18.0 Å². The van der Waals surface area contributed by atoms with Crippen LogP contribution in [0.3, 0.4) is 0 Å². The predicted molar refractivity (Wildman–Crippen MR) is 107 cm³/mol. The molecule has 2 aromatic rings. The zero-order valence-corrected chi connectivity index (χ0v) is 17.5. The van der Waals surface area contributed by atoms with Crippen LogP contribution in [-0.4, -0.2) is 64.4 Å². The molecule has 2 amide bonds. The van der Waals surface area contributed by atoms with E-state index in [-0.39, 0.29) is 35.1 Å². The van der Waals surface area contributed by atoms with Crippen LogP contribution in [0.5, 0.6) is 0 Å². The minimum Gasteiger partial charge on any atom is -0.369 e. The first-order valence-electron chi connectivity index (χ1n) is 9.67. The average Bonchev–Trinajstić information content (AvgIpc) is 3.22. The summed E-state index contributed by atoms with van der Waals surface area (Å²) in [5.74, 6) is -0.926. The van der Waals surface area contributed by atoms with Crippen molar-refractivity contribution in [3.63, 3.8) is 0 Å². The quantitative estimate of drug-likeness (QED) is 0.754. The van der Waals surface area contributed by atoms with Crippen LogP contribution in [0.4, 0.5) is 0 Å². The zero-order valence-electron chi connectivity index (χ0n) is 15.9. The summed E-state index contributed by atoms with van der Waals surface area (Å²) in [5.41, 5.74) is 6.29. The molecule has 3 heterocycles. The maximum absolute atomic E-state index is 13.2. The van der Waals surface area contributed by atoms with E-state index in [1.54, 1.807) is 23.1 Å². The number of nitrogens with zero attached hydrogens (tertiary/aromatic N) is 4. The number of piperidine rings is 2. The summed E-state index contributed by atoms with van der Waals surface area (Å²) in [4.78, 5) is 26.2. The van der Waals surface area contributed by atoms with Crippen LogP contribution >= 0.6 is 11.7 Å². The Hall–Kier alpha value is -2.11. The summed E-state index contributed by atoms with van der Waals surface area (Å²) in [5, 5.41) is 0. The van der Waals surface area contributed by atoms with Crippen molar-refractivity contribution in [2.45, 2.75) is 30.6 Å². The van der Waals surface area contributed by atoms with Crippen LogP contribution in [0, 0.1) is 11.8 Å². The molecule has 2 saturated heterocycles. The molecular formula is C18H23N5O4S2. The number of nitrogens with two attached hydrogens (primary N) is 1. The summed E-state index contributed by atoms with van der Waals surface area (Å²) < 4.78 is 36.1. The van der Waals surface area contributed by atoms with E-state index < -0.39 is 10.0 Å².